The van der Waals surface area contributed by atoms with Gasteiger partial charge in [0, 0.05) is 29.2 Å². The van der Waals surface area contributed by atoms with E-state index in [0.717, 1.165) is 23.8 Å². The zero-order valence-electron chi connectivity index (χ0n) is 11.3. The molecule has 0 saturated heterocycles. The Hall–Kier alpha value is -1.89. The number of nitrogens with zero attached hydrogens (tertiary/aromatic N) is 4. The number of aromatic nitrogens is 4. The highest BCUT2D eigenvalue weighted by molar-refractivity contribution is 7.99. The molecule has 108 valence electrons. The van der Waals surface area contributed by atoms with Gasteiger partial charge in [-0.2, -0.15) is 0 Å². The number of hydrogen-bond acceptors (Lipinski definition) is 5. The van der Waals surface area contributed by atoms with Crippen LogP contribution >= 0.6 is 11.8 Å². The first-order valence-electron chi connectivity index (χ1n) is 7.04. The second-order valence-electron chi connectivity index (χ2n) is 5.50. The van der Waals surface area contributed by atoms with Gasteiger partial charge >= 0.3 is 5.97 Å². The maximum atomic E-state index is 11.3. The molecular weight excluding hydrogens is 288 g/mol. The third-order valence-electron chi connectivity index (χ3n) is 3.76. The lowest BCUT2D eigenvalue weighted by molar-refractivity contribution is 0.0692. The molecule has 0 unspecified atom stereocenters. The summed E-state index contributed by atoms with van der Waals surface area (Å²) in [5, 5.41) is 18.7. The summed E-state index contributed by atoms with van der Waals surface area (Å²) in [6.07, 6.45) is 7.68. The molecule has 1 N–H and O–H groups in total. The number of aromatic carboxylic acids is 1. The highest BCUT2D eigenvalue weighted by Crippen LogP contribution is 2.46. The molecule has 0 bridgehead atoms. The normalized spacial score (nSPS) is 17.9. The van der Waals surface area contributed by atoms with Crippen LogP contribution in [-0.4, -0.2) is 30.8 Å². The molecule has 4 rings (SSSR count). The van der Waals surface area contributed by atoms with Crippen LogP contribution in [0.5, 0.6) is 0 Å². The molecule has 2 saturated carbocycles. The fourth-order valence-corrected chi connectivity index (χ4v) is 3.38. The van der Waals surface area contributed by atoms with Crippen LogP contribution in [0.25, 0.3) is 0 Å². The van der Waals surface area contributed by atoms with E-state index in [2.05, 4.69) is 19.7 Å². The molecule has 2 aliphatic carbocycles. The van der Waals surface area contributed by atoms with E-state index >= 15 is 0 Å². The zero-order chi connectivity index (χ0) is 14.4. The van der Waals surface area contributed by atoms with Gasteiger partial charge in [-0.05, 0) is 43.5 Å². The summed E-state index contributed by atoms with van der Waals surface area (Å²) in [5.74, 6) is 0.653. The standard InChI is InChI=1S/C14H14N4O2S/c19-13(20)10-7-15-6-5-11(10)21-14-17-16-12(8-1-2-8)18(14)9-3-4-9/h5-9H,1-4H2,(H,19,20). The van der Waals surface area contributed by atoms with E-state index in [4.69, 9.17) is 0 Å². The van der Waals surface area contributed by atoms with E-state index < -0.39 is 5.97 Å². The van der Waals surface area contributed by atoms with Gasteiger partial charge in [-0.25, -0.2) is 4.79 Å². The van der Waals surface area contributed by atoms with Crippen LogP contribution in [0, 0.1) is 0 Å². The largest absolute Gasteiger partial charge is 0.478 e. The SMILES string of the molecule is O=C(O)c1cnccc1Sc1nnc(C2CC2)n1C1CC1. The van der Waals surface area contributed by atoms with Gasteiger partial charge < -0.3 is 9.67 Å². The van der Waals surface area contributed by atoms with E-state index in [9.17, 15) is 9.90 Å². The minimum atomic E-state index is -0.967. The Morgan fingerprint density at radius 3 is 2.76 bits per heavy atom. The number of carboxylic acids is 1. The van der Waals surface area contributed by atoms with Gasteiger partial charge in [-0.15, -0.1) is 10.2 Å². The van der Waals surface area contributed by atoms with Crippen LogP contribution in [0.1, 0.15) is 53.8 Å². The fourth-order valence-electron chi connectivity index (χ4n) is 2.38. The molecule has 0 aromatic carbocycles. The smallest absolute Gasteiger partial charge is 0.338 e. The monoisotopic (exact) mass is 302 g/mol. The third kappa shape index (κ3) is 2.42. The van der Waals surface area contributed by atoms with Crippen LogP contribution in [0.4, 0.5) is 0 Å². The predicted molar refractivity (Wildman–Crippen MR) is 75.6 cm³/mol. The molecule has 21 heavy (non-hydrogen) atoms. The minimum Gasteiger partial charge on any atom is -0.478 e. The van der Waals surface area contributed by atoms with E-state index in [1.165, 1.54) is 30.8 Å². The van der Waals surface area contributed by atoms with Crippen molar-refractivity contribution in [1.82, 2.24) is 19.7 Å². The number of rotatable bonds is 5. The molecule has 6 nitrogen and oxygen atoms in total. The average Bonchev–Trinajstić information content (AvgIpc) is 3.39. The van der Waals surface area contributed by atoms with Crippen LogP contribution in [0.3, 0.4) is 0 Å². The number of carboxylic acid groups (broad SMARTS) is 1. The van der Waals surface area contributed by atoms with Gasteiger partial charge in [0.25, 0.3) is 0 Å². The minimum absolute atomic E-state index is 0.209. The average molecular weight is 302 g/mol. The summed E-state index contributed by atoms with van der Waals surface area (Å²) in [7, 11) is 0. The second-order valence-corrected chi connectivity index (χ2v) is 6.50. The summed E-state index contributed by atoms with van der Waals surface area (Å²) in [6, 6.07) is 2.21. The molecule has 0 amide bonds. The van der Waals surface area contributed by atoms with Crippen LogP contribution < -0.4 is 0 Å². The van der Waals surface area contributed by atoms with Crippen molar-refractivity contribution in [3.05, 3.63) is 29.8 Å². The van der Waals surface area contributed by atoms with Crippen LogP contribution in [0.2, 0.25) is 0 Å². The highest BCUT2D eigenvalue weighted by Gasteiger charge is 2.36. The molecule has 2 aromatic rings. The van der Waals surface area contributed by atoms with Gasteiger partial charge in [0.1, 0.15) is 5.82 Å². The molecule has 0 atom stereocenters. The molecule has 0 radical (unpaired) electrons. The molecular formula is C14H14N4O2S. The number of carbonyl (C=O) groups is 1. The summed E-state index contributed by atoms with van der Waals surface area (Å²) >= 11 is 1.37. The Morgan fingerprint density at radius 2 is 2.10 bits per heavy atom. The molecule has 0 spiro atoms. The Kier molecular flexibility index (Phi) is 2.95. The van der Waals surface area contributed by atoms with Crippen LogP contribution in [0.15, 0.2) is 28.5 Å². The van der Waals surface area contributed by atoms with Gasteiger partial charge in [-0.1, -0.05) is 0 Å². The van der Waals surface area contributed by atoms with E-state index in [1.807, 2.05) is 0 Å². The lowest BCUT2D eigenvalue weighted by atomic mass is 10.3. The van der Waals surface area contributed by atoms with E-state index in [0.29, 0.717) is 16.9 Å². The molecule has 2 fully saturated rings. The molecule has 7 heteroatoms. The van der Waals surface area contributed by atoms with Crippen molar-refractivity contribution in [2.45, 2.75) is 47.7 Å². The first-order chi connectivity index (χ1) is 10.2. The first-order valence-corrected chi connectivity index (χ1v) is 7.85. The number of pyridine rings is 1. The lowest BCUT2D eigenvalue weighted by Crippen LogP contribution is -2.03. The summed E-state index contributed by atoms with van der Waals surface area (Å²) < 4.78 is 2.22. The molecule has 2 aliphatic rings. The topological polar surface area (TPSA) is 80.9 Å². The van der Waals surface area contributed by atoms with Crippen molar-refractivity contribution in [2.24, 2.45) is 0 Å². The maximum absolute atomic E-state index is 11.3. The third-order valence-corrected chi connectivity index (χ3v) is 4.79. The summed E-state index contributed by atoms with van der Waals surface area (Å²) in [5.41, 5.74) is 0.209. The molecule has 2 aromatic heterocycles. The van der Waals surface area contributed by atoms with Crippen molar-refractivity contribution in [2.75, 3.05) is 0 Å². The van der Waals surface area contributed by atoms with E-state index in [1.54, 1.807) is 12.3 Å². The fraction of sp³-hybridized carbons (Fsp3) is 0.429. The van der Waals surface area contributed by atoms with E-state index in [-0.39, 0.29) is 5.56 Å². The van der Waals surface area contributed by atoms with Gasteiger partial charge in [0.2, 0.25) is 0 Å². The lowest BCUT2D eigenvalue weighted by Gasteiger charge is -2.09. The second kappa shape index (κ2) is 4.84. The molecule has 2 heterocycles. The van der Waals surface area contributed by atoms with Crippen LogP contribution in [-0.2, 0) is 0 Å². The van der Waals surface area contributed by atoms with Crippen molar-refractivity contribution < 1.29 is 9.90 Å². The quantitative estimate of drug-likeness (QED) is 0.914. The van der Waals surface area contributed by atoms with Crippen molar-refractivity contribution in [3.63, 3.8) is 0 Å². The summed E-state index contributed by atoms with van der Waals surface area (Å²) in [4.78, 5) is 15.8. The first kappa shape index (κ1) is 12.8. The Labute approximate surface area is 125 Å². The Morgan fingerprint density at radius 1 is 1.29 bits per heavy atom. The maximum Gasteiger partial charge on any atom is 0.338 e. The highest BCUT2D eigenvalue weighted by atomic mass is 32.2. The van der Waals surface area contributed by atoms with Gasteiger partial charge in [-0.3, -0.25) is 4.98 Å². The van der Waals surface area contributed by atoms with Crippen molar-refractivity contribution in [3.8, 4) is 0 Å². The Balaban J connectivity index is 1.70. The van der Waals surface area contributed by atoms with Gasteiger partial charge in [0.05, 0.1) is 5.56 Å². The zero-order valence-corrected chi connectivity index (χ0v) is 12.1. The van der Waals surface area contributed by atoms with Gasteiger partial charge in [0.15, 0.2) is 5.16 Å². The van der Waals surface area contributed by atoms with Crippen molar-refractivity contribution in [1.29, 1.82) is 0 Å². The molecule has 0 aliphatic heterocycles. The number of hydrogen-bond donors (Lipinski definition) is 1. The summed E-state index contributed by atoms with van der Waals surface area (Å²) in [6.45, 7) is 0. The predicted octanol–water partition coefficient (Wildman–Crippen LogP) is 2.73. The van der Waals surface area contributed by atoms with Crippen molar-refractivity contribution >= 4 is 17.7 Å². The Bertz CT molecular complexity index is 707.